The van der Waals surface area contributed by atoms with Crippen molar-refractivity contribution in [2.45, 2.75) is 71.3 Å². The molecule has 0 aromatic heterocycles. The van der Waals surface area contributed by atoms with Crippen molar-refractivity contribution in [2.24, 2.45) is 0 Å². The van der Waals surface area contributed by atoms with Gasteiger partial charge in [-0.25, -0.2) is 0 Å². The Morgan fingerprint density at radius 2 is 1.67 bits per heavy atom. The van der Waals surface area contributed by atoms with Crippen LogP contribution in [0.1, 0.15) is 65.2 Å². The summed E-state index contributed by atoms with van der Waals surface area (Å²) in [6, 6.07) is 0. The highest BCUT2D eigenvalue weighted by Crippen LogP contribution is 2.10. The molecule has 0 aliphatic rings. The van der Waals surface area contributed by atoms with Crippen LogP contribution in [0.25, 0.3) is 0 Å². The molecule has 0 spiro atoms. The summed E-state index contributed by atoms with van der Waals surface area (Å²) in [7, 11) is 0. The van der Waals surface area contributed by atoms with Crippen molar-refractivity contribution >= 4 is 0 Å². The van der Waals surface area contributed by atoms with E-state index in [1.54, 1.807) is 0 Å². The second-order valence-electron chi connectivity index (χ2n) is 4.25. The maximum atomic E-state index is 5.49. The zero-order valence-corrected chi connectivity index (χ0v) is 10.6. The largest absolute Gasteiger partial charge is 0.379 e. The van der Waals surface area contributed by atoms with E-state index in [0.717, 1.165) is 6.61 Å². The third-order valence-electron chi connectivity index (χ3n) is 2.72. The third-order valence-corrected chi connectivity index (χ3v) is 2.72. The van der Waals surface area contributed by atoms with Crippen LogP contribution in [0.15, 0.2) is 12.7 Å². The van der Waals surface area contributed by atoms with Gasteiger partial charge in [0.25, 0.3) is 0 Å². The van der Waals surface area contributed by atoms with Gasteiger partial charge >= 0.3 is 0 Å². The van der Waals surface area contributed by atoms with Gasteiger partial charge in [-0.1, -0.05) is 38.2 Å². The first-order valence-corrected chi connectivity index (χ1v) is 6.53. The maximum Gasteiger partial charge on any atom is 0.0546 e. The molecule has 0 saturated heterocycles. The minimum Gasteiger partial charge on any atom is -0.379 e. The van der Waals surface area contributed by atoms with E-state index >= 15 is 0 Å². The average molecular weight is 212 g/mol. The van der Waals surface area contributed by atoms with E-state index in [1.807, 2.05) is 6.08 Å². The average Bonchev–Trinajstić information content (AvgIpc) is 2.22. The van der Waals surface area contributed by atoms with Gasteiger partial charge in [-0.3, -0.25) is 0 Å². The van der Waals surface area contributed by atoms with E-state index < -0.39 is 0 Å². The van der Waals surface area contributed by atoms with Crippen molar-refractivity contribution in [1.82, 2.24) is 0 Å². The lowest BCUT2D eigenvalue weighted by atomic mass is 10.1. The molecule has 1 atom stereocenters. The summed E-state index contributed by atoms with van der Waals surface area (Å²) in [4.78, 5) is 0. The van der Waals surface area contributed by atoms with Crippen LogP contribution in [0.2, 0.25) is 0 Å². The molecule has 90 valence electrons. The van der Waals surface area contributed by atoms with E-state index in [2.05, 4.69) is 20.4 Å². The molecular weight excluding hydrogens is 184 g/mol. The summed E-state index contributed by atoms with van der Waals surface area (Å²) >= 11 is 0. The predicted octanol–water partition coefficient (Wildman–Crippen LogP) is 4.72. The lowest BCUT2D eigenvalue weighted by Gasteiger charge is -2.10. The van der Waals surface area contributed by atoms with Crippen LogP contribution in [0.4, 0.5) is 0 Å². The van der Waals surface area contributed by atoms with Gasteiger partial charge in [-0.2, -0.15) is 0 Å². The molecule has 0 saturated carbocycles. The topological polar surface area (TPSA) is 9.23 Å². The molecule has 0 bridgehead atoms. The smallest absolute Gasteiger partial charge is 0.0546 e. The lowest BCUT2D eigenvalue weighted by molar-refractivity contribution is 0.0683. The molecule has 0 radical (unpaired) electrons. The summed E-state index contributed by atoms with van der Waals surface area (Å²) in [5, 5.41) is 0. The standard InChI is InChI=1S/C14H28O/c1-4-6-7-8-9-10-11-12-13-14(3)15-5-2/h4,14H,1,5-13H2,2-3H3. The number of ether oxygens (including phenoxy) is 1. The summed E-state index contributed by atoms with van der Waals surface area (Å²) in [6.45, 7) is 8.82. The van der Waals surface area contributed by atoms with Gasteiger partial charge in [0.1, 0.15) is 0 Å². The third kappa shape index (κ3) is 11.6. The summed E-state index contributed by atoms with van der Waals surface area (Å²) < 4.78 is 5.49. The van der Waals surface area contributed by atoms with Crippen LogP contribution in [-0.4, -0.2) is 12.7 Å². The molecule has 0 aliphatic heterocycles. The Morgan fingerprint density at radius 3 is 2.27 bits per heavy atom. The predicted molar refractivity (Wildman–Crippen MR) is 68.2 cm³/mol. The Hall–Kier alpha value is -0.300. The van der Waals surface area contributed by atoms with E-state index in [9.17, 15) is 0 Å². The van der Waals surface area contributed by atoms with E-state index in [1.165, 1.54) is 51.4 Å². The molecule has 0 fully saturated rings. The normalized spacial score (nSPS) is 12.7. The van der Waals surface area contributed by atoms with Gasteiger partial charge in [-0.15, -0.1) is 6.58 Å². The SMILES string of the molecule is C=CCCCCCCCCC(C)OCC. The Kier molecular flexibility index (Phi) is 11.5. The van der Waals surface area contributed by atoms with Crippen LogP contribution in [0, 0.1) is 0 Å². The minimum atomic E-state index is 0.454. The molecular formula is C14H28O. The van der Waals surface area contributed by atoms with Crippen molar-refractivity contribution < 1.29 is 4.74 Å². The second kappa shape index (κ2) is 11.8. The van der Waals surface area contributed by atoms with Crippen LogP contribution in [-0.2, 0) is 4.74 Å². The molecule has 15 heavy (non-hydrogen) atoms. The van der Waals surface area contributed by atoms with Crippen molar-refractivity contribution in [1.29, 1.82) is 0 Å². The summed E-state index contributed by atoms with van der Waals surface area (Å²) in [5.41, 5.74) is 0. The van der Waals surface area contributed by atoms with Crippen molar-refractivity contribution in [3.05, 3.63) is 12.7 Å². The molecule has 0 amide bonds. The minimum absolute atomic E-state index is 0.454. The van der Waals surface area contributed by atoms with Gasteiger partial charge in [0.05, 0.1) is 6.10 Å². The Bertz CT molecular complexity index is 131. The van der Waals surface area contributed by atoms with Gasteiger partial charge in [-0.05, 0) is 33.1 Å². The van der Waals surface area contributed by atoms with Crippen molar-refractivity contribution in [3.8, 4) is 0 Å². The molecule has 1 unspecified atom stereocenters. The first-order chi connectivity index (χ1) is 7.31. The van der Waals surface area contributed by atoms with Gasteiger partial charge in [0.2, 0.25) is 0 Å². The quantitative estimate of drug-likeness (QED) is 0.356. The van der Waals surface area contributed by atoms with E-state index in [-0.39, 0.29) is 0 Å². The monoisotopic (exact) mass is 212 g/mol. The number of allylic oxidation sites excluding steroid dienone is 1. The van der Waals surface area contributed by atoms with Crippen LogP contribution >= 0.6 is 0 Å². The molecule has 0 heterocycles. The number of hydrogen-bond acceptors (Lipinski definition) is 1. The van der Waals surface area contributed by atoms with Gasteiger partial charge < -0.3 is 4.74 Å². The Morgan fingerprint density at radius 1 is 1.07 bits per heavy atom. The Labute approximate surface area is 95.9 Å². The molecule has 0 aliphatic carbocycles. The zero-order valence-electron chi connectivity index (χ0n) is 10.6. The molecule has 0 N–H and O–H groups in total. The van der Waals surface area contributed by atoms with Gasteiger partial charge in [0.15, 0.2) is 0 Å². The van der Waals surface area contributed by atoms with Crippen LogP contribution in [0.3, 0.4) is 0 Å². The summed E-state index contributed by atoms with van der Waals surface area (Å²) in [6.07, 6.45) is 13.0. The molecule has 0 aromatic carbocycles. The molecule has 0 rings (SSSR count). The number of unbranched alkanes of at least 4 members (excludes halogenated alkanes) is 6. The van der Waals surface area contributed by atoms with E-state index in [4.69, 9.17) is 4.74 Å². The first kappa shape index (κ1) is 14.7. The maximum absolute atomic E-state index is 5.49. The number of rotatable bonds is 11. The highest BCUT2D eigenvalue weighted by Gasteiger charge is 1.99. The number of hydrogen-bond donors (Lipinski definition) is 0. The molecule has 0 aromatic rings. The lowest BCUT2D eigenvalue weighted by Crippen LogP contribution is -2.07. The van der Waals surface area contributed by atoms with Crippen molar-refractivity contribution in [2.75, 3.05) is 6.61 Å². The highest BCUT2D eigenvalue weighted by molar-refractivity contribution is 4.65. The fraction of sp³-hybridized carbons (Fsp3) is 0.857. The van der Waals surface area contributed by atoms with E-state index in [0.29, 0.717) is 6.10 Å². The van der Waals surface area contributed by atoms with Crippen molar-refractivity contribution in [3.63, 3.8) is 0 Å². The Balaban J connectivity index is 3.01. The van der Waals surface area contributed by atoms with Crippen LogP contribution in [0.5, 0.6) is 0 Å². The highest BCUT2D eigenvalue weighted by atomic mass is 16.5. The fourth-order valence-corrected chi connectivity index (χ4v) is 1.80. The zero-order chi connectivity index (χ0) is 11.4. The molecule has 1 nitrogen and oxygen atoms in total. The van der Waals surface area contributed by atoms with Gasteiger partial charge in [0, 0.05) is 6.61 Å². The fourth-order valence-electron chi connectivity index (χ4n) is 1.80. The summed E-state index contributed by atoms with van der Waals surface area (Å²) in [5.74, 6) is 0. The van der Waals surface area contributed by atoms with Crippen LogP contribution < -0.4 is 0 Å². The second-order valence-corrected chi connectivity index (χ2v) is 4.25. The molecule has 1 heteroatoms. The first-order valence-electron chi connectivity index (χ1n) is 6.53.